The summed E-state index contributed by atoms with van der Waals surface area (Å²) in [5, 5.41) is 4.50. The molecule has 0 bridgehead atoms. The molecular weight excluding hydrogens is 287 g/mol. The van der Waals surface area contributed by atoms with Crippen LogP contribution in [0.25, 0.3) is 5.69 Å². The molecule has 1 aliphatic carbocycles. The van der Waals surface area contributed by atoms with E-state index in [0.29, 0.717) is 0 Å². The average Bonchev–Trinajstić information content (AvgIpc) is 3.17. The zero-order valence-electron chi connectivity index (χ0n) is 14.2. The van der Waals surface area contributed by atoms with Gasteiger partial charge in [-0.15, -0.1) is 0 Å². The van der Waals surface area contributed by atoms with E-state index >= 15 is 0 Å². The first-order valence-corrected chi connectivity index (χ1v) is 8.36. The highest BCUT2D eigenvalue weighted by atomic mass is 16.7. The lowest BCUT2D eigenvalue weighted by atomic mass is 9.82. The zero-order chi connectivity index (χ0) is 16.2. The fourth-order valence-electron chi connectivity index (χ4n) is 2.92. The molecule has 1 aliphatic heterocycles. The van der Waals surface area contributed by atoms with Crippen LogP contribution in [0, 0.1) is 0 Å². The number of nitrogens with zero attached hydrogens (tertiary/aromatic N) is 2. The number of aromatic nitrogens is 2. The van der Waals surface area contributed by atoms with Crippen molar-refractivity contribution in [3.63, 3.8) is 0 Å². The first-order chi connectivity index (χ1) is 10.9. The van der Waals surface area contributed by atoms with Gasteiger partial charge in [-0.1, -0.05) is 12.1 Å². The van der Waals surface area contributed by atoms with Gasteiger partial charge in [0, 0.05) is 17.9 Å². The second-order valence-corrected chi connectivity index (χ2v) is 7.68. The van der Waals surface area contributed by atoms with Gasteiger partial charge in [0.05, 0.1) is 16.9 Å². The molecule has 4 rings (SSSR count). The third-order valence-electron chi connectivity index (χ3n) is 5.31. The second kappa shape index (κ2) is 4.95. The van der Waals surface area contributed by atoms with Crippen molar-refractivity contribution in [1.29, 1.82) is 0 Å². The summed E-state index contributed by atoms with van der Waals surface area (Å²) < 4.78 is 14.1. The Morgan fingerprint density at radius 2 is 1.83 bits per heavy atom. The van der Waals surface area contributed by atoms with Crippen molar-refractivity contribution in [2.75, 3.05) is 0 Å². The molecule has 1 saturated heterocycles. The normalized spacial score (nSPS) is 22.5. The summed E-state index contributed by atoms with van der Waals surface area (Å²) in [6, 6.07) is 8.64. The molecule has 4 nitrogen and oxygen atoms in total. The van der Waals surface area contributed by atoms with E-state index in [2.05, 4.69) is 57.1 Å². The monoisotopic (exact) mass is 310 g/mol. The van der Waals surface area contributed by atoms with Crippen molar-refractivity contribution >= 4 is 12.6 Å². The minimum Gasteiger partial charge on any atom is -0.399 e. The Bertz CT molecular complexity index is 718. The van der Waals surface area contributed by atoms with Gasteiger partial charge in [-0.05, 0) is 64.2 Å². The number of hydrogen-bond acceptors (Lipinski definition) is 3. The molecule has 120 valence electrons. The van der Waals surface area contributed by atoms with Gasteiger partial charge in [0.25, 0.3) is 0 Å². The Morgan fingerprint density at radius 1 is 1.13 bits per heavy atom. The van der Waals surface area contributed by atoms with Gasteiger partial charge in [-0.2, -0.15) is 5.10 Å². The van der Waals surface area contributed by atoms with Crippen molar-refractivity contribution in [3.05, 3.63) is 42.2 Å². The van der Waals surface area contributed by atoms with Crippen molar-refractivity contribution < 1.29 is 9.31 Å². The summed E-state index contributed by atoms with van der Waals surface area (Å²) in [4.78, 5) is 0. The summed E-state index contributed by atoms with van der Waals surface area (Å²) in [6.45, 7) is 8.26. The minimum atomic E-state index is -0.361. The molecule has 5 heteroatoms. The van der Waals surface area contributed by atoms with Crippen LogP contribution in [0.3, 0.4) is 0 Å². The fraction of sp³-hybridized carbons (Fsp3) is 0.500. The molecule has 2 aliphatic rings. The Balaban J connectivity index is 1.59. The van der Waals surface area contributed by atoms with Crippen LogP contribution >= 0.6 is 0 Å². The Labute approximate surface area is 137 Å². The van der Waals surface area contributed by atoms with Gasteiger partial charge < -0.3 is 9.31 Å². The standard InChI is InChI=1S/C18H23BN2O2/c1-17(2)18(3,4)23-19(22-17)15-11-20-21(12-15)16-7-5-6-14(10-16)13-8-9-13/h5-7,10-13H,8-9H2,1-4H3. The lowest BCUT2D eigenvalue weighted by Gasteiger charge is -2.32. The molecule has 1 aromatic heterocycles. The summed E-state index contributed by atoms with van der Waals surface area (Å²) in [5.41, 5.74) is 2.81. The summed E-state index contributed by atoms with van der Waals surface area (Å²) >= 11 is 0. The second-order valence-electron chi connectivity index (χ2n) is 7.68. The van der Waals surface area contributed by atoms with Crippen molar-refractivity contribution in [2.24, 2.45) is 0 Å². The van der Waals surface area contributed by atoms with Crippen molar-refractivity contribution in [1.82, 2.24) is 9.78 Å². The van der Waals surface area contributed by atoms with E-state index in [-0.39, 0.29) is 18.3 Å². The minimum absolute atomic E-state index is 0.328. The van der Waals surface area contributed by atoms with E-state index in [9.17, 15) is 0 Å². The molecule has 1 aromatic carbocycles. The number of benzene rings is 1. The van der Waals surface area contributed by atoms with Crippen molar-refractivity contribution in [3.8, 4) is 5.69 Å². The molecule has 23 heavy (non-hydrogen) atoms. The fourth-order valence-corrected chi connectivity index (χ4v) is 2.92. The number of rotatable bonds is 3. The third kappa shape index (κ3) is 2.62. The molecule has 2 aromatic rings. The Morgan fingerprint density at radius 3 is 2.48 bits per heavy atom. The van der Waals surface area contributed by atoms with E-state index in [1.54, 1.807) is 0 Å². The highest BCUT2D eigenvalue weighted by Crippen LogP contribution is 2.40. The van der Waals surface area contributed by atoms with Gasteiger partial charge in [0.1, 0.15) is 0 Å². The molecular formula is C18H23BN2O2. The first-order valence-electron chi connectivity index (χ1n) is 8.36. The highest BCUT2D eigenvalue weighted by molar-refractivity contribution is 6.62. The van der Waals surface area contributed by atoms with Crippen LogP contribution in [0.4, 0.5) is 0 Å². The topological polar surface area (TPSA) is 36.3 Å². The predicted octanol–water partition coefficient (Wildman–Crippen LogP) is 3.05. The quantitative estimate of drug-likeness (QED) is 0.818. The van der Waals surface area contributed by atoms with Crippen LogP contribution in [0.1, 0.15) is 52.0 Å². The van der Waals surface area contributed by atoms with Crippen LogP contribution < -0.4 is 5.46 Å². The van der Waals surface area contributed by atoms with Crippen LogP contribution in [0.15, 0.2) is 36.7 Å². The van der Waals surface area contributed by atoms with E-state index in [0.717, 1.165) is 17.1 Å². The van der Waals surface area contributed by atoms with Crippen LogP contribution in [-0.4, -0.2) is 28.1 Å². The Hall–Kier alpha value is -1.59. The van der Waals surface area contributed by atoms with Gasteiger partial charge >= 0.3 is 7.12 Å². The maximum absolute atomic E-state index is 6.10. The van der Waals surface area contributed by atoms with E-state index in [1.165, 1.54) is 18.4 Å². The van der Waals surface area contributed by atoms with E-state index in [1.807, 2.05) is 17.1 Å². The summed E-state index contributed by atoms with van der Waals surface area (Å²) in [5.74, 6) is 0.744. The van der Waals surface area contributed by atoms with Gasteiger partial charge in [0.15, 0.2) is 0 Å². The SMILES string of the molecule is CC1(C)OB(c2cnn(-c3cccc(C4CC4)c3)c2)OC1(C)C. The zero-order valence-corrected chi connectivity index (χ0v) is 14.2. The lowest BCUT2D eigenvalue weighted by Crippen LogP contribution is -2.41. The molecule has 2 heterocycles. The molecule has 1 saturated carbocycles. The van der Waals surface area contributed by atoms with Gasteiger partial charge in [0.2, 0.25) is 0 Å². The largest absolute Gasteiger partial charge is 0.498 e. The smallest absolute Gasteiger partial charge is 0.399 e. The third-order valence-corrected chi connectivity index (χ3v) is 5.31. The molecule has 0 unspecified atom stereocenters. The highest BCUT2D eigenvalue weighted by Gasteiger charge is 2.52. The maximum Gasteiger partial charge on any atom is 0.498 e. The van der Waals surface area contributed by atoms with Gasteiger partial charge in [-0.25, -0.2) is 4.68 Å². The summed E-state index contributed by atoms with van der Waals surface area (Å²) in [6.07, 6.45) is 6.46. The molecule has 2 fully saturated rings. The average molecular weight is 310 g/mol. The molecule has 0 atom stereocenters. The summed E-state index contributed by atoms with van der Waals surface area (Å²) in [7, 11) is -0.361. The van der Waals surface area contributed by atoms with Crippen molar-refractivity contribution in [2.45, 2.75) is 57.7 Å². The van der Waals surface area contributed by atoms with Crippen LogP contribution in [0.5, 0.6) is 0 Å². The molecule has 0 amide bonds. The lowest BCUT2D eigenvalue weighted by molar-refractivity contribution is 0.00578. The number of hydrogen-bond donors (Lipinski definition) is 0. The van der Waals surface area contributed by atoms with E-state index in [4.69, 9.17) is 9.31 Å². The van der Waals surface area contributed by atoms with E-state index < -0.39 is 0 Å². The van der Waals surface area contributed by atoms with Crippen LogP contribution in [0.2, 0.25) is 0 Å². The maximum atomic E-state index is 6.10. The molecule has 0 spiro atoms. The predicted molar refractivity (Wildman–Crippen MR) is 91.3 cm³/mol. The van der Waals surface area contributed by atoms with Crippen LogP contribution in [-0.2, 0) is 9.31 Å². The molecule has 0 N–H and O–H groups in total. The van der Waals surface area contributed by atoms with Gasteiger partial charge in [-0.3, -0.25) is 0 Å². The molecule has 0 radical (unpaired) electrons. The first kappa shape index (κ1) is 15.0. The Kier molecular flexibility index (Phi) is 3.22.